The van der Waals surface area contributed by atoms with Gasteiger partial charge in [0.05, 0.1) is 6.04 Å². The Labute approximate surface area is 149 Å². The van der Waals surface area contributed by atoms with Crippen molar-refractivity contribution in [2.24, 2.45) is 0 Å². The maximum atomic E-state index is 13.0. The second-order valence-corrected chi connectivity index (χ2v) is 6.47. The molecule has 1 fully saturated rings. The molecule has 1 aliphatic heterocycles. The highest BCUT2D eigenvalue weighted by atomic mass is 19.3. The van der Waals surface area contributed by atoms with Crippen LogP contribution in [-0.2, 0) is 4.79 Å². The SMILES string of the molecule is CC(=O)N[C@@H]1CN(C(=O)c2ccnn2C(F)F)C[C@H]1c1ccc(C)cc1. The largest absolute Gasteiger partial charge is 0.351 e. The van der Waals surface area contributed by atoms with E-state index in [4.69, 9.17) is 0 Å². The summed E-state index contributed by atoms with van der Waals surface area (Å²) in [5.41, 5.74) is 1.94. The Balaban J connectivity index is 1.85. The van der Waals surface area contributed by atoms with Gasteiger partial charge in [-0.05, 0) is 18.6 Å². The van der Waals surface area contributed by atoms with Crippen molar-refractivity contribution in [2.75, 3.05) is 13.1 Å². The number of carbonyl (C=O) groups is 2. The van der Waals surface area contributed by atoms with Crippen LogP contribution in [0.3, 0.4) is 0 Å². The van der Waals surface area contributed by atoms with Gasteiger partial charge >= 0.3 is 6.55 Å². The van der Waals surface area contributed by atoms with Crippen LogP contribution in [0, 0.1) is 6.92 Å². The van der Waals surface area contributed by atoms with Gasteiger partial charge in [-0.3, -0.25) is 9.59 Å². The molecular formula is C18H20F2N4O2. The summed E-state index contributed by atoms with van der Waals surface area (Å²) >= 11 is 0. The molecule has 2 atom stereocenters. The normalized spacial score (nSPS) is 19.8. The van der Waals surface area contributed by atoms with Crippen LogP contribution in [0.5, 0.6) is 0 Å². The lowest BCUT2D eigenvalue weighted by atomic mass is 9.93. The van der Waals surface area contributed by atoms with Crippen LogP contribution in [0.4, 0.5) is 8.78 Å². The number of benzene rings is 1. The van der Waals surface area contributed by atoms with Gasteiger partial charge in [0.2, 0.25) is 5.91 Å². The van der Waals surface area contributed by atoms with Crippen LogP contribution >= 0.6 is 0 Å². The Bertz CT molecular complexity index is 804. The molecule has 0 unspecified atom stereocenters. The zero-order valence-electron chi connectivity index (χ0n) is 14.5. The minimum atomic E-state index is -2.88. The monoisotopic (exact) mass is 362 g/mol. The van der Waals surface area contributed by atoms with Crippen molar-refractivity contribution in [3.63, 3.8) is 0 Å². The standard InChI is InChI=1S/C18H20F2N4O2/c1-11-3-5-13(6-4-11)14-9-23(10-15(14)22-12(2)25)17(26)16-7-8-21-24(16)18(19)20/h3-8,14-15,18H,9-10H2,1-2H3,(H,22,25)/t14-,15+/m0/s1. The molecule has 3 rings (SSSR count). The third-order valence-corrected chi connectivity index (χ3v) is 4.58. The van der Waals surface area contributed by atoms with E-state index < -0.39 is 12.5 Å². The molecule has 26 heavy (non-hydrogen) atoms. The number of aryl methyl sites for hydroxylation is 1. The summed E-state index contributed by atoms with van der Waals surface area (Å²) in [6.45, 7) is 1.10. The molecule has 8 heteroatoms. The molecule has 1 aromatic carbocycles. The molecule has 0 spiro atoms. The number of nitrogens with one attached hydrogen (secondary N) is 1. The number of halogens is 2. The molecule has 0 aliphatic carbocycles. The van der Waals surface area contributed by atoms with Gasteiger partial charge in [0.1, 0.15) is 5.69 Å². The van der Waals surface area contributed by atoms with E-state index in [2.05, 4.69) is 10.4 Å². The quantitative estimate of drug-likeness (QED) is 0.908. The fourth-order valence-corrected chi connectivity index (χ4v) is 3.33. The van der Waals surface area contributed by atoms with Crippen molar-refractivity contribution >= 4 is 11.8 Å². The summed E-state index contributed by atoms with van der Waals surface area (Å²) in [5, 5.41) is 6.38. The summed E-state index contributed by atoms with van der Waals surface area (Å²) in [5.74, 6) is -0.821. The van der Waals surface area contributed by atoms with Crippen molar-refractivity contribution in [1.29, 1.82) is 0 Å². The number of amides is 2. The first-order chi connectivity index (χ1) is 12.4. The average Bonchev–Trinajstić information content (AvgIpc) is 3.21. The molecule has 6 nitrogen and oxygen atoms in total. The Morgan fingerprint density at radius 3 is 2.50 bits per heavy atom. The Hall–Kier alpha value is -2.77. The molecule has 0 saturated carbocycles. The van der Waals surface area contributed by atoms with E-state index >= 15 is 0 Å². The van der Waals surface area contributed by atoms with Gasteiger partial charge < -0.3 is 10.2 Å². The van der Waals surface area contributed by atoms with E-state index in [-0.39, 0.29) is 30.1 Å². The summed E-state index contributed by atoms with van der Waals surface area (Å²) in [7, 11) is 0. The van der Waals surface area contributed by atoms with E-state index in [9.17, 15) is 18.4 Å². The van der Waals surface area contributed by atoms with Gasteiger partial charge in [-0.25, -0.2) is 0 Å². The number of carbonyl (C=O) groups excluding carboxylic acids is 2. The van der Waals surface area contributed by atoms with Crippen LogP contribution in [0.1, 0.15) is 41.0 Å². The lowest BCUT2D eigenvalue weighted by molar-refractivity contribution is -0.119. The minimum absolute atomic E-state index is 0.105. The van der Waals surface area contributed by atoms with Gasteiger partial charge in [0.15, 0.2) is 0 Å². The summed E-state index contributed by atoms with van der Waals surface area (Å²) in [6.07, 6.45) is 1.18. The highest BCUT2D eigenvalue weighted by molar-refractivity contribution is 5.93. The fourth-order valence-electron chi connectivity index (χ4n) is 3.33. The Kier molecular flexibility index (Phi) is 5.01. The van der Waals surface area contributed by atoms with Crippen LogP contribution in [0.2, 0.25) is 0 Å². The molecular weight excluding hydrogens is 342 g/mol. The number of nitrogens with zero attached hydrogens (tertiary/aromatic N) is 3. The van der Waals surface area contributed by atoms with Crippen LogP contribution in [0.25, 0.3) is 0 Å². The van der Waals surface area contributed by atoms with Crippen LogP contribution in [0.15, 0.2) is 36.5 Å². The van der Waals surface area contributed by atoms with Crippen LogP contribution in [-0.4, -0.2) is 45.6 Å². The Morgan fingerprint density at radius 2 is 1.88 bits per heavy atom. The highest BCUT2D eigenvalue weighted by Crippen LogP contribution is 2.29. The zero-order chi connectivity index (χ0) is 18.8. The first-order valence-corrected chi connectivity index (χ1v) is 8.31. The van der Waals surface area contributed by atoms with E-state index in [0.29, 0.717) is 11.2 Å². The number of hydrogen-bond acceptors (Lipinski definition) is 3. The van der Waals surface area contributed by atoms with E-state index in [1.54, 1.807) is 0 Å². The molecule has 138 valence electrons. The molecule has 0 radical (unpaired) electrons. The van der Waals surface area contributed by atoms with Crippen molar-refractivity contribution in [3.8, 4) is 0 Å². The second-order valence-electron chi connectivity index (χ2n) is 6.47. The smallest absolute Gasteiger partial charge is 0.333 e. The number of alkyl halides is 2. The Morgan fingerprint density at radius 1 is 1.19 bits per heavy atom. The maximum absolute atomic E-state index is 13.0. The molecule has 2 amide bonds. The van der Waals surface area contributed by atoms with Gasteiger partial charge in [-0.15, -0.1) is 0 Å². The maximum Gasteiger partial charge on any atom is 0.333 e. The van der Waals surface area contributed by atoms with Crippen molar-refractivity contribution in [2.45, 2.75) is 32.4 Å². The number of rotatable bonds is 4. The van der Waals surface area contributed by atoms with Gasteiger partial charge in [-0.2, -0.15) is 18.6 Å². The molecule has 2 heterocycles. The first kappa shape index (κ1) is 18.0. The highest BCUT2D eigenvalue weighted by Gasteiger charge is 2.38. The van der Waals surface area contributed by atoms with Gasteiger partial charge in [0, 0.05) is 32.1 Å². The lowest BCUT2D eigenvalue weighted by Crippen LogP contribution is -2.39. The third kappa shape index (κ3) is 3.58. The topological polar surface area (TPSA) is 67.2 Å². The first-order valence-electron chi connectivity index (χ1n) is 8.31. The number of likely N-dealkylation sites (tertiary alicyclic amines) is 1. The fraction of sp³-hybridized carbons (Fsp3) is 0.389. The van der Waals surface area contributed by atoms with E-state index in [0.717, 1.165) is 11.1 Å². The number of hydrogen-bond donors (Lipinski definition) is 1. The van der Waals surface area contributed by atoms with Crippen molar-refractivity contribution in [1.82, 2.24) is 20.0 Å². The summed E-state index contributed by atoms with van der Waals surface area (Å²) in [6, 6.07) is 8.87. The molecule has 1 saturated heterocycles. The molecule has 1 aromatic heterocycles. The number of aromatic nitrogens is 2. The van der Waals surface area contributed by atoms with Gasteiger partial charge in [-0.1, -0.05) is 29.8 Å². The molecule has 1 N–H and O–H groups in total. The summed E-state index contributed by atoms with van der Waals surface area (Å²) in [4.78, 5) is 25.8. The molecule has 0 bridgehead atoms. The van der Waals surface area contributed by atoms with Crippen LogP contribution < -0.4 is 5.32 Å². The van der Waals surface area contributed by atoms with E-state index in [1.165, 1.54) is 24.1 Å². The van der Waals surface area contributed by atoms with Crippen molar-refractivity contribution < 1.29 is 18.4 Å². The third-order valence-electron chi connectivity index (χ3n) is 4.58. The average molecular weight is 362 g/mol. The summed E-state index contributed by atoms with van der Waals surface area (Å²) < 4.78 is 26.4. The zero-order valence-corrected chi connectivity index (χ0v) is 14.5. The van der Waals surface area contributed by atoms with Gasteiger partial charge in [0.25, 0.3) is 5.91 Å². The predicted octanol–water partition coefficient (Wildman–Crippen LogP) is 2.33. The van der Waals surface area contributed by atoms with E-state index in [1.807, 2.05) is 31.2 Å². The molecule has 1 aliphatic rings. The predicted molar refractivity (Wildman–Crippen MR) is 90.9 cm³/mol. The van der Waals surface area contributed by atoms with Crippen molar-refractivity contribution in [3.05, 3.63) is 53.3 Å². The minimum Gasteiger partial charge on any atom is -0.351 e. The second kappa shape index (κ2) is 7.23. The lowest BCUT2D eigenvalue weighted by Gasteiger charge is -2.19. The molecule has 2 aromatic rings.